The van der Waals surface area contributed by atoms with Crippen LogP contribution in [0.25, 0.3) is 11.0 Å². The summed E-state index contributed by atoms with van der Waals surface area (Å²) in [6.07, 6.45) is 3.51. The van der Waals surface area contributed by atoms with Crippen LogP contribution in [0.5, 0.6) is 0 Å². The Morgan fingerprint density at radius 2 is 1.82 bits per heavy atom. The highest BCUT2D eigenvalue weighted by molar-refractivity contribution is 6.05. The number of carbonyl (C=O) groups is 1. The van der Waals surface area contributed by atoms with E-state index in [1.54, 1.807) is 6.20 Å². The molecule has 1 amide bonds. The number of amides is 1. The first-order chi connectivity index (χ1) is 13.5. The van der Waals surface area contributed by atoms with Crippen molar-refractivity contribution in [3.8, 4) is 0 Å². The third-order valence-electron chi connectivity index (χ3n) is 5.76. The average Bonchev–Trinajstić information content (AvgIpc) is 3.36. The van der Waals surface area contributed by atoms with Crippen LogP contribution in [0.3, 0.4) is 0 Å². The minimum atomic E-state index is -0.0956. The van der Waals surface area contributed by atoms with E-state index in [1.165, 1.54) is 0 Å². The largest absolute Gasteiger partial charge is 0.350 e. The van der Waals surface area contributed by atoms with Crippen LogP contribution in [0.4, 0.5) is 0 Å². The maximum absolute atomic E-state index is 13.4. The summed E-state index contributed by atoms with van der Waals surface area (Å²) in [6.45, 7) is 11.2. The summed E-state index contributed by atoms with van der Waals surface area (Å²) in [6, 6.07) is 2.15. The van der Waals surface area contributed by atoms with Gasteiger partial charge >= 0.3 is 0 Å². The van der Waals surface area contributed by atoms with Gasteiger partial charge in [-0.2, -0.15) is 5.10 Å². The van der Waals surface area contributed by atoms with E-state index in [4.69, 9.17) is 14.5 Å². The van der Waals surface area contributed by atoms with Crippen molar-refractivity contribution in [2.75, 3.05) is 26.3 Å². The number of ether oxygens (including phenoxy) is 2. The third-order valence-corrected chi connectivity index (χ3v) is 5.76. The van der Waals surface area contributed by atoms with Crippen molar-refractivity contribution in [2.45, 2.75) is 58.8 Å². The highest BCUT2D eigenvalue weighted by atomic mass is 16.7. The fourth-order valence-corrected chi connectivity index (χ4v) is 4.08. The van der Waals surface area contributed by atoms with Crippen LogP contribution < -0.4 is 0 Å². The number of nitrogens with zero attached hydrogens (tertiary/aromatic N) is 4. The number of carbonyl (C=O) groups excluding carboxylic acids is 1. The van der Waals surface area contributed by atoms with Crippen LogP contribution in [-0.2, 0) is 9.47 Å². The molecule has 2 fully saturated rings. The van der Waals surface area contributed by atoms with Crippen LogP contribution in [0.2, 0.25) is 0 Å². The molecule has 2 aliphatic heterocycles. The summed E-state index contributed by atoms with van der Waals surface area (Å²) in [7, 11) is 0. The molecule has 0 spiro atoms. The Labute approximate surface area is 166 Å². The highest BCUT2D eigenvalue weighted by Gasteiger charge is 2.33. The number of aromatic nitrogens is 3. The fraction of sp³-hybridized carbons (Fsp3) is 0.667. The molecule has 7 heteroatoms. The van der Waals surface area contributed by atoms with Gasteiger partial charge in [-0.15, -0.1) is 0 Å². The normalized spacial score (nSPS) is 19.4. The molecule has 2 aromatic rings. The molecule has 4 heterocycles. The molecule has 152 valence electrons. The zero-order valence-electron chi connectivity index (χ0n) is 17.2. The molecule has 2 aliphatic rings. The predicted octanol–water partition coefficient (Wildman–Crippen LogP) is 3.36. The SMILES string of the molecule is CC(C)c1cc(C(=O)N2CCC(C3OCCO3)CC2)c2cnn(C(C)C)c2n1. The van der Waals surface area contributed by atoms with Crippen molar-refractivity contribution in [3.05, 3.63) is 23.5 Å². The minimum Gasteiger partial charge on any atom is -0.350 e. The summed E-state index contributed by atoms with van der Waals surface area (Å²) in [4.78, 5) is 20.2. The van der Waals surface area contributed by atoms with E-state index in [1.807, 2.05) is 15.6 Å². The lowest BCUT2D eigenvalue weighted by atomic mass is 9.95. The molecule has 0 aromatic carbocycles. The van der Waals surface area contributed by atoms with E-state index in [0.717, 1.165) is 42.7 Å². The highest BCUT2D eigenvalue weighted by Crippen LogP contribution is 2.29. The van der Waals surface area contributed by atoms with Gasteiger partial charge in [0.1, 0.15) is 0 Å². The molecule has 0 saturated carbocycles. The van der Waals surface area contributed by atoms with Gasteiger partial charge in [-0.25, -0.2) is 9.67 Å². The molecule has 0 N–H and O–H groups in total. The van der Waals surface area contributed by atoms with Crippen molar-refractivity contribution in [3.63, 3.8) is 0 Å². The molecule has 4 rings (SSSR count). The number of rotatable bonds is 4. The van der Waals surface area contributed by atoms with Crippen LogP contribution in [-0.4, -0.2) is 58.2 Å². The van der Waals surface area contributed by atoms with Gasteiger partial charge in [-0.05, 0) is 38.7 Å². The lowest BCUT2D eigenvalue weighted by molar-refractivity contribution is -0.0956. The van der Waals surface area contributed by atoms with Crippen molar-refractivity contribution in [2.24, 2.45) is 5.92 Å². The molecular weight excluding hydrogens is 356 g/mol. The zero-order chi connectivity index (χ0) is 19.8. The molecule has 0 bridgehead atoms. The molecule has 28 heavy (non-hydrogen) atoms. The smallest absolute Gasteiger partial charge is 0.254 e. The Hall–Kier alpha value is -1.99. The van der Waals surface area contributed by atoms with Crippen molar-refractivity contribution in [1.29, 1.82) is 0 Å². The van der Waals surface area contributed by atoms with Gasteiger partial charge in [0.15, 0.2) is 11.9 Å². The van der Waals surface area contributed by atoms with Crippen LogP contribution >= 0.6 is 0 Å². The first-order valence-electron chi connectivity index (χ1n) is 10.4. The maximum atomic E-state index is 13.4. The van der Waals surface area contributed by atoms with Gasteiger partial charge in [0, 0.05) is 30.7 Å². The standard InChI is InChI=1S/C21H30N4O3/c1-13(2)18-11-16(17-12-22-25(14(3)4)19(17)23-18)20(26)24-7-5-15(6-8-24)21-27-9-10-28-21/h11-15,21H,5-10H2,1-4H3. The predicted molar refractivity (Wildman–Crippen MR) is 106 cm³/mol. The Balaban J connectivity index is 1.60. The van der Waals surface area contributed by atoms with E-state index in [-0.39, 0.29) is 24.2 Å². The third kappa shape index (κ3) is 3.53. The zero-order valence-corrected chi connectivity index (χ0v) is 17.2. The van der Waals surface area contributed by atoms with Crippen LogP contribution in [0.15, 0.2) is 12.3 Å². The monoisotopic (exact) mass is 386 g/mol. The van der Waals surface area contributed by atoms with E-state index < -0.39 is 0 Å². The molecule has 2 saturated heterocycles. The van der Waals surface area contributed by atoms with Gasteiger partial charge in [0.25, 0.3) is 5.91 Å². The maximum Gasteiger partial charge on any atom is 0.254 e. The number of hydrogen-bond donors (Lipinski definition) is 0. The molecular formula is C21H30N4O3. The van der Waals surface area contributed by atoms with Crippen molar-refractivity contribution < 1.29 is 14.3 Å². The number of hydrogen-bond acceptors (Lipinski definition) is 5. The molecule has 2 aromatic heterocycles. The summed E-state index contributed by atoms with van der Waals surface area (Å²) in [5.41, 5.74) is 2.44. The van der Waals surface area contributed by atoms with Gasteiger partial charge in [0.2, 0.25) is 0 Å². The first kappa shape index (κ1) is 19.3. The molecule has 0 aliphatic carbocycles. The number of pyridine rings is 1. The van der Waals surface area contributed by atoms with Crippen molar-refractivity contribution in [1.82, 2.24) is 19.7 Å². The Bertz CT molecular complexity index is 847. The fourth-order valence-electron chi connectivity index (χ4n) is 4.08. The Kier molecular flexibility index (Phi) is 5.38. The number of piperidine rings is 1. The molecule has 0 unspecified atom stereocenters. The quantitative estimate of drug-likeness (QED) is 0.806. The Morgan fingerprint density at radius 1 is 1.14 bits per heavy atom. The van der Waals surface area contributed by atoms with Crippen molar-refractivity contribution >= 4 is 16.9 Å². The lowest BCUT2D eigenvalue weighted by Gasteiger charge is -2.34. The van der Waals surface area contributed by atoms with Crippen LogP contribution in [0.1, 0.15) is 68.5 Å². The second-order valence-electron chi connectivity index (χ2n) is 8.41. The second kappa shape index (κ2) is 7.79. The van der Waals surface area contributed by atoms with Crippen LogP contribution in [0, 0.1) is 5.92 Å². The number of fused-ring (bicyclic) bond motifs is 1. The molecule has 7 nitrogen and oxygen atoms in total. The summed E-state index contributed by atoms with van der Waals surface area (Å²) < 4.78 is 13.2. The Morgan fingerprint density at radius 3 is 2.43 bits per heavy atom. The molecule has 0 atom stereocenters. The molecule has 0 radical (unpaired) electrons. The van der Waals surface area contributed by atoms with E-state index >= 15 is 0 Å². The van der Waals surface area contributed by atoms with Gasteiger partial charge in [-0.1, -0.05) is 13.8 Å². The summed E-state index contributed by atoms with van der Waals surface area (Å²) in [5, 5.41) is 5.34. The van der Waals surface area contributed by atoms with E-state index in [2.05, 4.69) is 32.8 Å². The average molecular weight is 386 g/mol. The summed E-state index contributed by atoms with van der Waals surface area (Å²) >= 11 is 0. The lowest BCUT2D eigenvalue weighted by Crippen LogP contribution is -2.41. The summed E-state index contributed by atoms with van der Waals surface area (Å²) in [5.74, 6) is 0.692. The van der Waals surface area contributed by atoms with Gasteiger partial charge in [-0.3, -0.25) is 4.79 Å². The first-order valence-corrected chi connectivity index (χ1v) is 10.4. The topological polar surface area (TPSA) is 69.5 Å². The van der Waals surface area contributed by atoms with E-state index in [9.17, 15) is 4.79 Å². The minimum absolute atomic E-state index is 0.0734. The van der Waals surface area contributed by atoms with Gasteiger partial charge < -0.3 is 14.4 Å². The second-order valence-corrected chi connectivity index (χ2v) is 8.41. The van der Waals surface area contributed by atoms with Gasteiger partial charge in [0.05, 0.1) is 30.4 Å². The number of likely N-dealkylation sites (tertiary alicyclic amines) is 1. The van der Waals surface area contributed by atoms with E-state index in [0.29, 0.717) is 24.7 Å².